The number of carboxylic acids is 1. The topological polar surface area (TPSA) is 89.7 Å². The molecule has 0 amide bonds. The van der Waals surface area contributed by atoms with Crippen LogP contribution in [0.5, 0.6) is 5.75 Å². The maximum Gasteiger partial charge on any atom is 0.460 e. The summed E-state index contributed by atoms with van der Waals surface area (Å²) in [6.45, 7) is 1.83. The van der Waals surface area contributed by atoms with Gasteiger partial charge in [-0.25, -0.2) is 4.79 Å². The quantitative estimate of drug-likeness (QED) is 0.457. The summed E-state index contributed by atoms with van der Waals surface area (Å²) in [5, 5.41) is 20.2. The Balaban J connectivity index is 3.02. The maximum atomic E-state index is 11.2. The Hall–Kier alpha value is -2.11. The van der Waals surface area contributed by atoms with Gasteiger partial charge in [0.05, 0.1) is 11.3 Å². The van der Waals surface area contributed by atoms with Crippen LogP contribution in [0.25, 0.3) is 0 Å². The number of rotatable bonds is 7. The third-order valence-electron chi connectivity index (χ3n) is 2.53. The Morgan fingerprint density at radius 2 is 2.06 bits per heavy atom. The highest BCUT2D eigenvalue weighted by Gasteiger charge is 2.54. The molecule has 0 fully saturated rings. The Morgan fingerprint density at radius 1 is 1.44 bits per heavy atom. The third kappa shape index (κ3) is 2.97. The fourth-order valence-corrected chi connectivity index (χ4v) is 1.51. The van der Waals surface area contributed by atoms with Crippen molar-refractivity contribution < 1.29 is 19.6 Å². The molecule has 0 aliphatic rings. The molecule has 1 N–H and O–H groups in total. The van der Waals surface area contributed by atoms with Crippen molar-refractivity contribution in [2.24, 2.45) is 0 Å². The van der Waals surface area contributed by atoms with Gasteiger partial charge >= 0.3 is 11.7 Å². The van der Waals surface area contributed by atoms with Crippen LogP contribution in [-0.4, -0.2) is 21.7 Å². The predicted octanol–water partition coefficient (Wildman–Crippen LogP) is 2.31. The monoisotopic (exact) mass is 253 g/mol. The molecule has 1 aromatic rings. The Kier molecular flexibility index (Phi) is 4.65. The van der Waals surface area contributed by atoms with E-state index >= 15 is 0 Å². The summed E-state index contributed by atoms with van der Waals surface area (Å²) in [4.78, 5) is 21.4. The molecule has 0 radical (unpaired) electrons. The van der Waals surface area contributed by atoms with Crippen LogP contribution in [0.15, 0.2) is 30.3 Å². The van der Waals surface area contributed by atoms with E-state index in [0.717, 1.165) is 0 Å². The summed E-state index contributed by atoms with van der Waals surface area (Å²) < 4.78 is 5.13. The molecule has 18 heavy (non-hydrogen) atoms. The number of ether oxygens (including phenoxy) is 1. The summed E-state index contributed by atoms with van der Waals surface area (Å²) in [6, 6.07) is 7.96. The Morgan fingerprint density at radius 3 is 2.50 bits per heavy atom. The highest BCUT2D eigenvalue weighted by atomic mass is 16.7. The average Bonchev–Trinajstić information content (AvgIpc) is 2.35. The van der Waals surface area contributed by atoms with Crippen LogP contribution in [0.2, 0.25) is 0 Å². The Labute approximate surface area is 104 Å². The van der Waals surface area contributed by atoms with Gasteiger partial charge in [-0.2, -0.15) is 0 Å². The maximum absolute atomic E-state index is 11.2. The summed E-state index contributed by atoms with van der Waals surface area (Å²) in [5.74, 6) is -1.41. The molecule has 1 rings (SSSR count). The van der Waals surface area contributed by atoms with Gasteiger partial charge in [0.1, 0.15) is 5.75 Å². The van der Waals surface area contributed by atoms with Crippen LogP contribution in [0, 0.1) is 10.1 Å². The molecule has 0 bridgehead atoms. The van der Waals surface area contributed by atoms with E-state index in [2.05, 4.69) is 0 Å². The SMILES string of the molecule is CCCCC(Oc1ccccc1)(C(=O)O)[N+](=O)[O-]. The van der Waals surface area contributed by atoms with Crippen molar-refractivity contribution in [3.63, 3.8) is 0 Å². The zero-order chi connectivity index (χ0) is 13.6. The Bertz CT molecular complexity index is 404. The predicted molar refractivity (Wildman–Crippen MR) is 64.0 cm³/mol. The fourth-order valence-electron chi connectivity index (χ4n) is 1.51. The van der Waals surface area contributed by atoms with E-state index in [-0.39, 0.29) is 12.2 Å². The standard InChI is InChI=1S/C12H15NO5/c1-2-3-9-12(11(14)15,13(16)17)18-10-7-5-4-6-8-10/h4-8H,2-3,9H2,1H3,(H,14,15). The molecule has 0 spiro atoms. The van der Waals surface area contributed by atoms with Crippen LogP contribution >= 0.6 is 0 Å². The second-order valence-electron chi connectivity index (χ2n) is 3.87. The minimum absolute atomic E-state index is 0.166. The van der Waals surface area contributed by atoms with E-state index in [1.54, 1.807) is 18.2 Å². The molecule has 0 saturated carbocycles. The van der Waals surface area contributed by atoms with E-state index in [9.17, 15) is 14.9 Å². The van der Waals surface area contributed by atoms with Crippen LogP contribution < -0.4 is 4.74 Å². The number of benzene rings is 1. The molecule has 1 aromatic carbocycles. The fraction of sp³-hybridized carbons (Fsp3) is 0.417. The molecule has 1 unspecified atom stereocenters. The number of aliphatic carboxylic acids is 1. The number of nitro groups is 1. The summed E-state index contributed by atoms with van der Waals surface area (Å²) in [6.07, 6.45) is 0.891. The lowest BCUT2D eigenvalue weighted by Crippen LogP contribution is -2.51. The van der Waals surface area contributed by atoms with Gasteiger partial charge in [0, 0.05) is 0 Å². The van der Waals surface area contributed by atoms with Gasteiger partial charge in [-0.1, -0.05) is 31.5 Å². The summed E-state index contributed by atoms with van der Waals surface area (Å²) in [5.41, 5.74) is -2.41. The van der Waals surface area contributed by atoms with Crippen molar-refractivity contribution in [1.29, 1.82) is 0 Å². The van der Waals surface area contributed by atoms with Crippen molar-refractivity contribution in [3.05, 3.63) is 40.4 Å². The highest BCUT2D eigenvalue weighted by Crippen LogP contribution is 2.24. The molecule has 0 heterocycles. The number of carbonyl (C=O) groups is 1. The number of hydrogen-bond acceptors (Lipinski definition) is 4. The normalized spacial score (nSPS) is 13.6. The minimum atomic E-state index is -2.41. The highest BCUT2D eigenvalue weighted by molar-refractivity contribution is 5.75. The molecule has 1 atom stereocenters. The second kappa shape index (κ2) is 6.00. The number of hydrogen-bond donors (Lipinski definition) is 1. The zero-order valence-corrected chi connectivity index (χ0v) is 10.0. The van der Waals surface area contributed by atoms with Crippen molar-refractivity contribution in [3.8, 4) is 5.75 Å². The molecule has 0 saturated heterocycles. The first-order chi connectivity index (χ1) is 8.53. The third-order valence-corrected chi connectivity index (χ3v) is 2.53. The van der Waals surface area contributed by atoms with Crippen LogP contribution in [0.4, 0.5) is 0 Å². The van der Waals surface area contributed by atoms with Crippen LogP contribution in [0.3, 0.4) is 0 Å². The first-order valence-electron chi connectivity index (χ1n) is 5.65. The van der Waals surface area contributed by atoms with E-state index in [0.29, 0.717) is 12.8 Å². The smallest absolute Gasteiger partial charge is 0.460 e. The van der Waals surface area contributed by atoms with Gasteiger partial charge in [-0.3, -0.25) is 10.1 Å². The van der Waals surface area contributed by atoms with Crippen molar-refractivity contribution in [2.45, 2.75) is 31.9 Å². The molecular weight excluding hydrogens is 238 g/mol. The molecule has 0 aliphatic heterocycles. The number of unbranched alkanes of at least 4 members (excludes halogenated alkanes) is 1. The summed E-state index contributed by atoms with van der Waals surface area (Å²) in [7, 11) is 0. The molecule has 6 heteroatoms. The van der Waals surface area contributed by atoms with Gasteiger partial charge in [-0.15, -0.1) is 0 Å². The van der Waals surface area contributed by atoms with E-state index < -0.39 is 16.6 Å². The van der Waals surface area contributed by atoms with Crippen molar-refractivity contribution >= 4 is 5.97 Å². The molecule has 0 aromatic heterocycles. The van der Waals surface area contributed by atoms with Gasteiger partial charge in [0.25, 0.3) is 0 Å². The van der Waals surface area contributed by atoms with Crippen LogP contribution in [-0.2, 0) is 4.79 Å². The zero-order valence-electron chi connectivity index (χ0n) is 10.0. The molecule has 98 valence electrons. The average molecular weight is 253 g/mol. The summed E-state index contributed by atoms with van der Waals surface area (Å²) >= 11 is 0. The number of carboxylic acid groups (broad SMARTS) is 1. The van der Waals surface area contributed by atoms with E-state index in [4.69, 9.17) is 9.84 Å². The lowest BCUT2D eigenvalue weighted by molar-refractivity contribution is -0.600. The second-order valence-corrected chi connectivity index (χ2v) is 3.87. The van der Waals surface area contributed by atoms with E-state index in [1.807, 2.05) is 6.92 Å². The first-order valence-corrected chi connectivity index (χ1v) is 5.65. The largest absolute Gasteiger partial charge is 0.473 e. The lowest BCUT2D eigenvalue weighted by atomic mass is 10.1. The van der Waals surface area contributed by atoms with Gasteiger partial charge in [0.15, 0.2) is 0 Å². The molecular formula is C12H15NO5. The molecule has 6 nitrogen and oxygen atoms in total. The van der Waals surface area contributed by atoms with E-state index in [1.165, 1.54) is 12.1 Å². The van der Waals surface area contributed by atoms with Crippen molar-refractivity contribution in [2.75, 3.05) is 0 Å². The van der Waals surface area contributed by atoms with Gasteiger partial charge < -0.3 is 9.84 Å². The van der Waals surface area contributed by atoms with Crippen molar-refractivity contribution in [1.82, 2.24) is 0 Å². The molecule has 0 aliphatic carbocycles. The number of nitrogens with zero attached hydrogens (tertiary/aromatic N) is 1. The van der Waals surface area contributed by atoms with Gasteiger partial charge in [0.2, 0.25) is 0 Å². The first kappa shape index (κ1) is 14.0. The lowest BCUT2D eigenvalue weighted by Gasteiger charge is -2.21. The van der Waals surface area contributed by atoms with Gasteiger partial charge in [-0.05, 0) is 18.6 Å². The minimum Gasteiger partial charge on any atom is -0.473 e. The van der Waals surface area contributed by atoms with Crippen LogP contribution in [0.1, 0.15) is 26.2 Å². The number of para-hydroxylation sites is 1.